The minimum atomic E-state index is 0. The molecule has 1 heterocycles. The van der Waals surface area contributed by atoms with Gasteiger partial charge in [0.1, 0.15) is 0 Å². The van der Waals surface area contributed by atoms with E-state index in [9.17, 15) is 5.11 Å². The molecule has 39 valence electrons. The fourth-order valence-electron chi connectivity index (χ4n) is 0.263. The molecule has 0 spiro atoms. The van der Waals surface area contributed by atoms with E-state index in [2.05, 4.69) is 0 Å². The van der Waals surface area contributed by atoms with E-state index in [0.29, 0.717) is 0 Å². The second-order valence-electron chi connectivity index (χ2n) is 0.932. The largest absolute Gasteiger partial charge is 0.278 e. The third kappa shape index (κ3) is 1.85. The maximum Gasteiger partial charge on any atom is 0.232 e. The van der Waals surface area contributed by atoms with Crippen molar-refractivity contribution in [2.45, 2.75) is 0 Å². The van der Waals surface area contributed by atoms with Gasteiger partial charge in [0.2, 0.25) is 5.06 Å². The summed E-state index contributed by atoms with van der Waals surface area (Å²) in [4.78, 5) is 0. The van der Waals surface area contributed by atoms with Gasteiger partial charge in [0, 0.05) is 0 Å². The van der Waals surface area contributed by atoms with Crippen LogP contribution in [0.2, 0.25) is 0 Å². The number of rotatable bonds is 0. The molecule has 1 rings (SSSR count). The van der Waals surface area contributed by atoms with E-state index in [1.165, 1.54) is 11.3 Å². The van der Waals surface area contributed by atoms with Crippen molar-refractivity contribution in [2.75, 3.05) is 0 Å². The highest BCUT2D eigenvalue weighted by Gasteiger charge is 1.81. The molecule has 0 unspecified atom stereocenters. The summed E-state index contributed by atoms with van der Waals surface area (Å²) in [6.45, 7) is 0. The van der Waals surface area contributed by atoms with E-state index in [1.807, 2.05) is 0 Å². The molecule has 1 aromatic heterocycles. The Bertz CT molecular complexity index is 113. The Kier molecular flexibility index (Phi) is 2.87. The molecule has 0 aliphatic carbocycles. The van der Waals surface area contributed by atoms with Crippen LogP contribution in [0.1, 0.15) is 0 Å². The lowest BCUT2D eigenvalue weighted by molar-refractivity contribution is 0.368. The van der Waals surface area contributed by atoms with Crippen LogP contribution in [-0.2, 0) is 5.11 Å². The Morgan fingerprint density at radius 3 is 2.43 bits per heavy atom. The quantitative estimate of drug-likeness (QED) is 0.516. The second kappa shape index (κ2) is 2.93. The molecule has 0 aliphatic heterocycles. The summed E-state index contributed by atoms with van der Waals surface area (Å²) in [7, 11) is 0. The lowest BCUT2D eigenvalue weighted by Crippen LogP contribution is -1.31. The van der Waals surface area contributed by atoms with Crippen molar-refractivity contribution in [2.24, 2.45) is 0 Å². The smallest absolute Gasteiger partial charge is 0.232 e. The fraction of sp³-hybridized carbons (Fsp3) is 0. The third-order valence-electron chi connectivity index (χ3n) is 0.495. The van der Waals surface area contributed by atoms with Gasteiger partial charge in [-0.1, -0.05) is 0 Å². The summed E-state index contributed by atoms with van der Waals surface area (Å²) in [5.74, 6) is 0. The molecule has 7 heavy (non-hydrogen) atoms. The van der Waals surface area contributed by atoms with Crippen LogP contribution in [-0.4, -0.2) is 0 Å². The first-order chi connectivity index (χ1) is 2.89. The van der Waals surface area contributed by atoms with Gasteiger partial charge < -0.3 is 0 Å². The standard InChI is InChI=1S/C4H3OS.H2S/c5-4-2-1-3-6-4;/h1-3H;1H2. The molecular weight excluding hydrogens is 128 g/mol. The van der Waals surface area contributed by atoms with Gasteiger partial charge in [-0.2, -0.15) is 13.5 Å². The molecular formula is C4H5OS2. The fourth-order valence-corrected chi connectivity index (χ4v) is 0.712. The Morgan fingerprint density at radius 1 is 1.57 bits per heavy atom. The normalized spacial score (nSPS) is 7.43. The first kappa shape index (κ1) is 6.85. The van der Waals surface area contributed by atoms with E-state index in [1.54, 1.807) is 17.5 Å². The first-order valence-corrected chi connectivity index (χ1v) is 2.48. The minimum absolute atomic E-state index is 0. The van der Waals surface area contributed by atoms with Gasteiger partial charge >= 0.3 is 0 Å². The van der Waals surface area contributed by atoms with Crippen molar-refractivity contribution >= 4 is 24.8 Å². The molecule has 0 atom stereocenters. The van der Waals surface area contributed by atoms with Crippen LogP contribution in [0.15, 0.2) is 17.5 Å². The Morgan fingerprint density at radius 2 is 2.29 bits per heavy atom. The molecule has 1 radical (unpaired) electrons. The van der Waals surface area contributed by atoms with E-state index in [4.69, 9.17) is 0 Å². The van der Waals surface area contributed by atoms with Crippen LogP contribution in [0, 0.1) is 0 Å². The van der Waals surface area contributed by atoms with Gasteiger partial charge in [0.05, 0.1) is 0 Å². The van der Waals surface area contributed by atoms with Gasteiger partial charge in [-0.05, 0) is 17.5 Å². The van der Waals surface area contributed by atoms with Crippen LogP contribution in [0.4, 0.5) is 0 Å². The highest BCUT2D eigenvalue weighted by Crippen LogP contribution is 2.15. The molecule has 0 bridgehead atoms. The first-order valence-electron chi connectivity index (χ1n) is 1.60. The minimum Gasteiger partial charge on any atom is -0.278 e. The Labute approximate surface area is 53.1 Å². The highest BCUT2D eigenvalue weighted by atomic mass is 32.1. The summed E-state index contributed by atoms with van der Waals surface area (Å²) in [6.07, 6.45) is 0. The van der Waals surface area contributed by atoms with Crippen molar-refractivity contribution in [3.05, 3.63) is 17.5 Å². The van der Waals surface area contributed by atoms with Crippen LogP contribution in [0.25, 0.3) is 0 Å². The lowest BCUT2D eigenvalue weighted by Gasteiger charge is -1.59. The monoisotopic (exact) mass is 133 g/mol. The van der Waals surface area contributed by atoms with E-state index < -0.39 is 0 Å². The third-order valence-corrected chi connectivity index (χ3v) is 1.16. The summed E-state index contributed by atoms with van der Waals surface area (Å²) in [5.41, 5.74) is 0. The maximum absolute atomic E-state index is 10.1. The molecule has 0 fully saturated rings. The average molecular weight is 133 g/mol. The van der Waals surface area contributed by atoms with Gasteiger partial charge in [-0.15, -0.1) is 11.3 Å². The molecule has 0 N–H and O–H groups in total. The van der Waals surface area contributed by atoms with E-state index in [-0.39, 0.29) is 18.6 Å². The molecule has 3 heteroatoms. The Hall–Kier alpha value is -0.150. The SMILES string of the molecule is S.[O]c1cccs1. The zero-order valence-electron chi connectivity index (χ0n) is 3.55. The lowest BCUT2D eigenvalue weighted by atomic mass is 10.7. The van der Waals surface area contributed by atoms with Crippen molar-refractivity contribution in [3.63, 3.8) is 0 Å². The van der Waals surface area contributed by atoms with E-state index >= 15 is 0 Å². The summed E-state index contributed by atoms with van der Waals surface area (Å²) < 4.78 is 0. The summed E-state index contributed by atoms with van der Waals surface area (Å²) >= 11 is 1.22. The van der Waals surface area contributed by atoms with Crippen molar-refractivity contribution in [3.8, 4) is 5.06 Å². The Balaban J connectivity index is 0.000000360. The molecule has 1 aromatic rings. The van der Waals surface area contributed by atoms with Gasteiger partial charge in [0.25, 0.3) is 0 Å². The molecule has 0 saturated carbocycles. The van der Waals surface area contributed by atoms with Gasteiger partial charge in [-0.25, -0.2) is 0 Å². The van der Waals surface area contributed by atoms with Crippen molar-refractivity contribution in [1.29, 1.82) is 0 Å². The number of hydrogen-bond donors (Lipinski definition) is 0. The molecule has 1 nitrogen and oxygen atoms in total. The molecule has 0 amide bonds. The van der Waals surface area contributed by atoms with Crippen LogP contribution < -0.4 is 0 Å². The number of hydrogen-bond acceptors (Lipinski definition) is 1. The topological polar surface area (TPSA) is 19.9 Å². The van der Waals surface area contributed by atoms with Crippen molar-refractivity contribution < 1.29 is 5.11 Å². The van der Waals surface area contributed by atoms with Gasteiger partial charge in [0.15, 0.2) is 0 Å². The predicted octanol–water partition coefficient (Wildman–Crippen LogP) is 2.00. The van der Waals surface area contributed by atoms with Crippen LogP contribution in [0.3, 0.4) is 0 Å². The van der Waals surface area contributed by atoms with Crippen LogP contribution in [0.5, 0.6) is 5.06 Å². The zero-order chi connectivity index (χ0) is 4.41. The average Bonchev–Trinajstić information content (AvgIpc) is 1.86. The molecule has 0 aromatic carbocycles. The summed E-state index contributed by atoms with van der Waals surface area (Å²) in [6, 6.07) is 3.29. The van der Waals surface area contributed by atoms with Crippen molar-refractivity contribution in [1.82, 2.24) is 0 Å². The summed E-state index contributed by atoms with van der Waals surface area (Å²) in [5, 5.41) is 12.0. The maximum atomic E-state index is 10.1. The zero-order valence-corrected chi connectivity index (χ0v) is 5.37. The predicted molar refractivity (Wildman–Crippen MR) is 34.8 cm³/mol. The van der Waals surface area contributed by atoms with Crippen LogP contribution >= 0.6 is 24.8 Å². The molecule has 0 saturated heterocycles. The highest BCUT2D eigenvalue weighted by molar-refractivity contribution is 7.59. The molecule has 0 aliphatic rings. The van der Waals surface area contributed by atoms with Gasteiger partial charge in [-0.3, -0.25) is 5.11 Å². The number of thiophene rings is 1. The van der Waals surface area contributed by atoms with E-state index in [0.717, 1.165) is 0 Å². The second-order valence-corrected chi connectivity index (χ2v) is 1.84.